The highest BCUT2D eigenvalue weighted by Crippen LogP contribution is 2.29. The molecule has 0 heterocycles. The van der Waals surface area contributed by atoms with E-state index in [1.807, 2.05) is 0 Å². The smallest absolute Gasteiger partial charge is 0.310 e. The fourth-order valence-corrected chi connectivity index (χ4v) is 3.98. The number of carbonyl (C=O) groups is 3. The SMILES string of the molecule is COc1ccccc1NC(=O)COc1ccccc1NC(=O)COc1ccccc1NC(=O)[C@@H](C)Oc1ccccc1[N+](=O)[O-]. The maximum atomic E-state index is 12.8. The first-order chi connectivity index (χ1) is 21.7. The molecule has 1 atom stereocenters. The van der Waals surface area contributed by atoms with Crippen molar-refractivity contribution in [2.24, 2.45) is 0 Å². The number of methoxy groups -OCH3 is 1. The first-order valence-corrected chi connectivity index (χ1v) is 13.6. The first kappa shape index (κ1) is 31.8. The largest absolute Gasteiger partial charge is 0.495 e. The van der Waals surface area contributed by atoms with Crippen molar-refractivity contribution in [1.29, 1.82) is 0 Å². The van der Waals surface area contributed by atoms with Crippen LogP contribution in [0.3, 0.4) is 0 Å². The van der Waals surface area contributed by atoms with E-state index in [1.54, 1.807) is 78.9 Å². The number of nitrogens with zero attached hydrogens (tertiary/aromatic N) is 1. The van der Waals surface area contributed by atoms with Crippen molar-refractivity contribution in [3.05, 3.63) is 107 Å². The van der Waals surface area contributed by atoms with E-state index < -0.39 is 35.4 Å². The Balaban J connectivity index is 1.32. The Hall–Kier alpha value is -6.11. The van der Waals surface area contributed by atoms with Crippen molar-refractivity contribution < 1.29 is 38.3 Å². The fraction of sp³-hybridized carbons (Fsp3) is 0.156. The lowest BCUT2D eigenvalue weighted by Crippen LogP contribution is -2.30. The van der Waals surface area contributed by atoms with E-state index in [0.29, 0.717) is 17.1 Å². The Kier molecular flexibility index (Phi) is 10.9. The summed E-state index contributed by atoms with van der Waals surface area (Å²) >= 11 is 0. The second-order valence-corrected chi connectivity index (χ2v) is 9.34. The lowest BCUT2D eigenvalue weighted by Gasteiger charge is -2.17. The van der Waals surface area contributed by atoms with Gasteiger partial charge in [-0.3, -0.25) is 24.5 Å². The summed E-state index contributed by atoms with van der Waals surface area (Å²) in [5, 5.41) is 19.3. The summed E-state index contributed by atoms with van der Waals surface area (Å²) in [5.41, 5.74) is 0.804. The number of ether oxygens (including phenoxy) is 4. The van der Waals surface area contributed by atoms with Gasteiger partial charge in [0.1, 0.15) is 17.2 Å². The summed E-state index contributed by atoms with van der Waals surface area (Å²) in [6.07, 6.45) is -1.09. The molecular weight excluding hydrogens is 584 g/mol. The van der Waals surface area contributed by atoms with Crippen molar-refractivity contribution in [3.63, 3.8) is 0 Å². The minimum absolute atomic E-state index is 0.0485. The van der Waals surface area contributed by atoms with E-state index in [-0.39, 0.29) is 35.2 Å². The van der Waals surface area contributed by atoms with Crippen molar-refractivity contribution >= 4 is 40.5 Å². The van der Waals surface area contributed by atoms with Crippen molar-refractivity contribution in [2.75, 3.05) is 36.3 Å². The first-order valence-electron chi connectivity index (χ1n) is 13.6. The van der Waals surface area contributed by atoms with E-state index in [4.69, 9.17) is 18.9 Å². The Morgan fingerprint density at radius 3 is 1.60 bits per heavy atom. The highest BCUT2D eigenvalue weighted by Gasteiger charge is 2.22. The summed E-state index contributed by atoms with van der Waals surface area (Å²) in [7, 11) is 1.50. The van der Waals surface area contributed by atoms with Gasteiger partial charge in [0, 0.05) is 6.07 Å². The van der Waals surface area contributed by atoms with E-state index in [2.05, 4.69) is 16.0 Å². The maximum Gasteiger partial charge on any atom is 0.310 e. The van der Waals surface area contributed by atoms with E-state index in [1.165, 1.54) is 32.2 Å². The molecule has 4 aromatic rings. The van der Waals surface area contributed by atoms with Gasteiger partial charge in [0.25, 0.3) is 17.7 Å². The van der Waals surface area contributed by atoms with Gasteiger partial charge in [0.2, 0.25) is 0 Å². The standard InChI is InChI=1S/C32H30N4O9/c1-21(45-29-18-10-6-14-25(29)36(40)41)32(39)35-24-13-5-9-17-28(24)44-20-31(38)34-23-12-4-8-16-27(23)43-19-30(37)33-22-11-3-7-15-26(22)42-2/h3-18,21H,19-20H2,1-2H3,(H,33,37)(H,34,38)(H,35,39)/t21-/m1/s1. The minimum atomic E-state index is -1.09. The number of benzene rings is 4. The topological polar surface area (TPSA) is 167 Å². The second kappa shape index (κ2) is 15.4. The van der Waals surface area contributed by atoms with Crippen LogP contribution in [0, 0.1) is 10.1 Å². The Morgan fingerprint density at radius 1 is 0.667 bits per heavy atom. The third-order valence-corrected chi connectivity index (χ3v) is 6.14. The van der Waals surface area contributed by atoms with Crippen LogP contribution >= 0.6 is 0 Å². The quantitative estimate of drug-likeness (QED) is 0.130. The summed E-state index contributed by atoms with van der Waals surface area (Å²) in [4.78, 5) is 48.7. The van der Waals surface area contributed by atoms with Crippen molar-refractivity contribution in [3.8, 4) is 23.0 Å². The van der Waals surface area contributed by atoms with Gasteiger partial charge < -0.3 is 34.9 Å². The Labute approximate surface area is 258 Å². The summed E-state index contributed by atoms with van der Waals surface area (Å²) < 4.78 is 22.1. The number of hydrogen-bond acceptors (Lipinski definition) is 9. The predicted molar refractivity (Wildman–Crippen MR) is 166 cm³/mol. The lowest BCUT2D eigenvalue weighted by molar-refractivity contribution is -0.386. The number of hydrogen-bond donors (Lipinski definition) is 3. The number of carbonyl (C=O) groups excluding carboxylic acids is 3. The molecule has 0 spiro atoms. The zero-order chi connectivity index (χ0) is 32.2. The number of rotatable bonds is 14. The molecule has 0 bridgehead atoms. The average Bonchev–Trinajstić information content (AvgIpc) is 3.04. The van der Waals surface area contributed by atoms with Gasteiger partial charge >= 0.3 is 5.69 Å². The van der Waals surface area contributed by atoms with Gasteiger partial charge in [0.05, 0.1) is 29.1 Å². The fourth-order valence-electron chi connectivity index (χ4n) is 3.98. The summed E-state index contributed by atoms with van der Waals surface area (Å²) in [6.45, 7) is 0.705. The van der Waals surface area contributed by atoms with Gasteiger partial charge in [0.15, 0.2) is 25.1 Å². The Morgan fingerprint density at radius 2 is 1.09 bits per heavy atom. The van der Waals surface area contributed by atoms with Crippen LogP contribution in [0.15, 0.2) is 97.1 Å². The molecule has 13 nitrogen and oxygen atoms in total. The third kappa shape index (κ3) is 8.94. The molecular formula is C32H30N4O9. The molecule has 13 heteroatoms. The molecule has 0 unspecified atom stereocenters. The molecule has 0 saturated carbocycles. The molecule has 0 aromatic heterocycles. The number of nitro benzene ring substituents is 1. The molecule has 232 valence electrons. The monoisotopic (exact) mass is 614 g/mol. The molecule has 4 rings (SSSR count). The minimum Gasteiger partial charge on any atom is -0.495 e. The van der Waals surface area contributed by atoms with Crippen molar-refractivity contribution in [1.82, 2.24) is 0 Å². The number of anilines is 3. The number of nitro groups is 1. The molecule has 45 heavy (non-hydrogen) atoms. The highest BCUT2D eigenvalue weighted by molar-refractivity contribution is 5.96. The number of amides is 3. The number of para-hydroxylation sites is 8. The molecule has 0 aliphatic rings. The van der Waals surface area contributed by atoms with Gasteiger partial charge in [-0.05, 0) is 49.4 Å². The van der Waals surface area contributed by atoms with E-state index in [0.717, 1.165) is 0 Å². The normalized spacial score (nSPS) is 11.0. The van der Waals surface area contributed by atoms with E-state index >= 15 is 0 Å². The van der Waals surface area contributed by atoms with Gasteiger partial charge in [-0.1, -0.05) is 48.5 Å². The van der Waals surface area contributed by atoms with Crippen molar-refractivity contribution in [2.45, 2.75) is 13.0 Å². The summed E-state index contributed by atoms with van der Waals surface area (Å²) in [5.74, 6) is -0.621. The van der Waals surface area contributed by atoms with E-state index in [9.17, 15) is 24.5 Å². The van der Waals surface area contributed by atoms with Crippen LogP contribution in [0.2, 0.25) is 0 Å². The summed E-state index contributed by atoms with van der Waals surface area (Å²) in [6, 6.07) is 25.7. The molecule has 0 radical (unpaired) electrons. The highest BCUT2D eigenvalue weighted by atomic mass is 16.6. The predicted octanol–water partition coefficient (Wildman–Crippen LogP) is 5.04. The molecule has 4 aromatic carbocycles. The van der Waals surface area contributed by atoms with Gasteiger partial charge in [-0.2, -0.15) is 0 Å². The van der Waals surface area contributed by atoms with Gasteiger partial charge in [-0.25, -0.2) is 0 Å². The molecule has 3 N–H and O–H groups in total. The van der Waals surface area contributed by atoms with Crippen LogP contribution in [-0.2, 0) is 14.4 Å². The molecule has 0 aliphatic carbocycles. The average molecular weight is 615 g/mol. The van der Waals surface area contributed by atoms with Crippen LogP contribution in [-0.4, -0.2) is 49.1 Å². The Bertz CT molecular complexity index is 1680. The van der Waals surface area contributed by atoms with Gasteiger partial charge in [-0.15, -0.1) is 0 Å². The van der Waals surface area contributed by atoms with Crippen LogP contribution < -0.4 is 34.9 Å². The molecule has 0 aliphatic heterocycles. The molecule has 0 fully saturated rings. The maximum absolute atomic E-state index is 12.8. The zero-order valence-corrected chi connectivity index (χ0v) is 24.4. The lowest BCUT2D eigenvalue weighted by atomic mass is 10.2. The molecule has 3 amide bonds. The third-order valence-electron chi connectivity index (χ3n) is 6.14. The molecule has 0 saturated heterocycles. The van der Waals surface area contributed by atoms with Crippen LogP contribution in [0.1, 0.15) is 6.92 Å². The van der Waals surface area contributed by atoms with Crippen LogP contribution in [0.25, 0.3) is 0 Å². The second-order valence-electron chi connectivity index (χ2n) is 9.34. The van der Waals surface area contributed by atoms with Crippen LogP contribution in [0.4, 0.5) is 22.7 Å². The number of nitrogens with one attached hydrogen (secondary N) is 3. The van der Waals surface area contributed by atoms with Crippen LogP contribution in [0.5, 0.6) is 23.0 Å². The zero-order valence-electron chi connectivity index (χ0n) is 24.4.